The highest BCUT2D eigenvalue weighted by Crippen LogP contribution is 2.47. The minimum absolute atomic E-state index is 0.246. The molecule has 26 heavy (non-hydrogen) atoms. The van der Waals surface area contributed by atoms with E-state index in [9.17, 15) is 0 Å². The predicted octanol–water partition coefficient (Wildman–Crippen LogP) is 2.85. The second-order valence-electron chi connectivity index (χ2n) is 8.14. The van der Waals surface area contributed by atoms with Crippen molar-refractivity contribution < 1.29 is 13.7 Å². The summed E-state index contributed by atoms with van der Waals surface area (Å²) in [6.45, 7) is 9.86. The summed E-state index contributed by atoms with van der Waals surface area (Å²) in [5, 5.41) is 7.94. The molecule has 6 nitrogen and oxygen atoms in total. The Kier molecular flexibility index (Phi) is 5.16. The monoisotopic (exact) mass is 359 g/mol. The quantitative estimate of drug-likeness (QED) is 0.820. The summed E-state index contributed by atoms with van der Waals surface area (Å²) < 4.78 is 16.4. The number of nitrogens with zero attached hydrogens (tertiary/aromatic N) is 2. The van der Waals surface area contributed by atoms with Crippen molar-refractivity contribution >= 4 is 0 Å². The Morgan fingerprint density at radius 3 is 2.85 bits per heavy atom. The second kappa shape index (κ2) is 7.55. The number of rotatable bonds is 7. The zero-order valence-electron chi connectivity index (χ0n) is 15.7. The number of aromatic nitrogens is 1. The molecule has 3 heterocycles. The van der Waals surface area contributed by atoms with Crippen molar-refractivity contribution in [1.29, 1.82) is 0 Å². The number of hydrogen-bond donors (Lipinski definition) is 1. The third-order valence-electron chi connectivity index (χ3n) is 6.12. The van der Waals surface area contributed by atoms with Crippen LogP contribution in [0.15, 0.2) is 33.4 Å². The molecule has 2 aromatic heterocycles. The van der Waals surface area contributed by atoms with Crippen LogP contribution < -0.4 is 5.32 Å². The minimum atomic E-state index is 0.246. The van der Waals surface area contributed by atoms with Crippen LogP contribution in [0.25, 0.3) is 0 Å². The topological polar surface area (TPSA) is 63.7 Å². The maximum atomic E-state index is 5.57. The predicted molar refractivity (Wildman–Crippen MR) is 97.5 cm³/mol. The van der Waals surface area contributed by atoms with E-state index in [1.165, 1.54) is 6.42 Å². The third kappa shape index (κ3) is 3.87. The van der Waals surface area contributed by atoms with Gasteiger partial charge in [-0.15, -0.1) is 0 Å². The summed E-state index contributed by atoms with van der Waals surface area (Å²) in [6, 6.07) is 6.60. The molecule has 0 amide bonds. The van der Waals surface area contributed by atoms with E-state index >= 15 is 0 Å². The Hall–Kier alpha value is -1.63. The molecule has 0 unspecified atom stereocenters. The molecule has 2 aliphatic rings. The molecule has 2 fully saturated rings. The summed E-state index contributed by atoms with van der Waals surface area (Å²) in [6.07, 6.45) is 3.88. The Morgan fingerprint density at radius 1 is 1.27 bits per heavy atom. The van der Waals surface area contributed by atoms with Gasteiger partial charge >= 0.3 is 0 Å². The first-order valence-corrected chi connectivity index (χ1v) is 9.61. The average molecular weight is 359 g/mol. The van der Waals surface area contributed by atoms with Crippen LogP contribution >= 0.6 is 0 Å². The highest BCUT2D eigenvalue weighted by molar-refractivity contribution is 5.12. The lowest BCUT2D eigenvalue weighted by molar-refractivity contribution is 0.0115. The van der Waals surface area contributed by atoms with Gasteiger partial charge in [-0.1, -0.05) is 19.0 Å². The van der Waals surface area contributed by atoms with Gasteiger partial charge in [0.1, 0.15) is 5.76 Å². The van der Waals surface area contributed by atoms with Crippen LogP contribution in [0.1, 0.15) is 37.5 Å². The van der Waals surface area contributed by atoms with E-state index in [-0.39, 0.29) is 5.41 Å². The van der Waals surface area contributed by atoms with Crippen LogP contribution in [-0.2, 0) is 24.2 Å². The van der Waals surface area contributed by atoms with Crippen molar-refractivity contribution in [1.82, 2.24) is 15.4 Å². The van der Waals surface area contributed by atoms with Gasteiger partial charge in [0.05, 0.1) is 38.3 Å². The molecule has 4 rings (SSSR count). The van der Waals surface area contributed by atoms with Gasteiger partial charge in [-0.2, -0.15) is 0 Å². The largest absolute Gasteiger partial charge is 0.468 e. The van der Waals surface area contributed by atoms with Crippen LogP contribution in [-0.4, -0.2) is 42.4 Å². The number of hydrogen-bond acceptors (Lipinski definition) is 6. The van der Waals surface area contributed by atoms with E-state index in [4.69, 9.17) is 13.7 Å². The van der Waals surface area contributed by atoms with Crippen molar-refractivity contribution in [2.24, 2.45) is 11.3 Å². The SMILES string of the molecule is CC1(C)[C@H](Cc2cc(CN3CCOCC3)on2)C[C@@H]1NCc1ccco1. The van der Waals surface area contributed by atoms with Crippen LogP contribution in [0.2, 0.25) is 0 Å². The van der Waals surface area contributed by atoms with Gasteiger partial charge in [-0.3, -0.25) is 4.90 Å². The fraction of sp³-hybridized carbons (Fsp3) is 0.650. The molecule has 1 N–H and O–H groups in total. The number of nitrogens with one attached hydrogen (secondary N) is 1. The molecular weight excluding hydrogens is 330 g/mol. The van der Waals surface area contributed by atoms with Gasteiger partial charge in [-0.05, 0) is 36.3 Å². The number of morpholine rings is 1. The van der Waals surface area contributed by atoms with Gasteiger partial charge in [0.2, 0.25) is 0 Å². The summed E-state index contributed by atoms with van der Waals surface area (Å²) in [7, 11) is 0. The van der Waals surface area contributed by atoms with Crippen LogP contribution in [0, 0.1) is 11.3 Å². The fourth-order valence-corrected chi connectivity index (χ4v) is 4.10. The molecule has 0 aromatic carbocycles. The molecule has 1 aliphatic carbocycles. The summed E-state index contributed by atoms with van der Waals surface area (Å²) >= 11 is 0. The molecule has 0 spiro atoms. The Bertz CT molecular complexity index is 689. The Balaban J connectivity index is 1.26. The molecule has 6 heteroatoms. The molecule has 2 atom stereocenters. The lowest BCUT2D eigenvalue weighted by atomic mass is 9.57. The summed E-state index contributed by atoms with van der Waals surface area (Å²) in [5.74, 6) is 2.58. The van der Waals surface area contributed by atoms with Crippen LogP contribution in [0.3, 0.4) is 0 Å². The average Bonchev–Trinajstić information content (AvgIpc) is 3.30. The first-order chi connectivity index (χ1) is 12.6. The molecule has 142 valence electrons. The van der Waals surface area contributed by atoms with Crippen molar-refractivity contribution in [2.75, 3.05) is 26.3 Å². The van der Waals surface area contributed by atoms with Crippen molar-refractivity contribution in [2.45, 2.75) is 45.8 Å². The maximum Gasteiger partial charge on any atom is 0.150 e. The zero-order chi connectivity index (χ0) is 18.0. The van der Waals surface area contributed by atoms with Gasteiger partial charge in [0, 0.05) is 25.2 Å². The molecule has 2 aromatic rings. The van der Waals surface area contributed by atoms with E-state index in [0.717, 1.165) is 63.0 Å². The zero-order valence-corrected chi connectivity index (χ0v) is 15.7. The van der Waals surface area contributed by atoms with E-state index < -0.39 is 0 Å². The molecule has 1 saturated carbocycles. The van der Waals surface area contributed by atoms with E-state index in [1.807, 2.05) is 12.1 Å². The maximum absolute atomic E-state index is 5.57. The normalized spacial score (nSPS) is 25.9. The highest BCUT2D eigenvalue weighted by atomic mass is 16.5. The molecule has 0 bridgehead atoms. The highest BCUT2D eigenvalue weighted by Gasteiger charge is 2.47. The van der Waals surface area contributed by atoms with Crippen molar-refractivity contribution in [3.8, 4) is 0 Å². The van der Waals surface area contributed by atoms with E-state index in [1.54, 1.807) is 6.26 Å². The smallest absolute Gasteiger partial charge is 0.150 e. The van der Waals surface area contributed by atoms with E-state index in [2.05, 4.69) is 35.3 Å². The van der Waals surface area contributed by atoms with Crippen LogP contribution in [0.5, 0.6) is 0 Å². The van der Waals surface area contributed by atoms with Gasteiger partial charge < -0.3 is 19.0 Å². The summed E-state index contributed by atoms with van der Waals surface area (Å²) in [4.78, 5) is 2.36. The van der Waals surface area contributed by atoms with Gasteiger partial charge in [0.15, 0.2) is 5.76 Å². The second-order valence-corrected chi connectivity index (χ2v) is 8.14. The number of ether oxygens (including phenoxy) is 1. The molecule has 1 aliphatic heterocycles. The van der Waals surface area contributed by atoms with Gasteiger partial charge in [0.25, 0.3) is 0 Å². The van der Waals surface area contributed by atoms with Crippen molar-refractivity contribution in [3.05, 3.63) is 41.7 Å². The third-order valence-corrected chi connectivity index (χ3v) is 6.12. The molecule has 1 saturated heterocycles. The number of furan rings is 1. The first-order valence-electron chi connectivity index (χ1n) is 9.61. The Labute approximate surface area is 154 Å². The first kappa shape index (κ1) is 17.8. The van der Waals surface area contributed by atoms with E-state index in [0.29, 0.717) is 12.0 Å². The van der Waals surface area contributed by atoms with Crippen molar-refractivity contribution in [3.63, 3.8) is 0 Å². The van der Waals surface area contributed by atoms with Gasteiger partial charge in [-0.25, -0.2) is 0 Å². The lowest BCUT2D eigenvalue weighted by Gasteiger charge is -2.52. The molecule has 0 radical (unpaired) electrons. The van der Waals surface area contributed by atoms with Crippen LogP contribution in [0.4, 0.5) is 0 Å². The summed E-state index contributed by atoms with van der Waals surface area (Å²) in [5.41, 5.74) is 1.33. The molecular formula is C20H29N3O3. The fourth-order valence-electron chi connectivity index (χ4n) is 4.10. The Morgan fingerprint density at radius 2 is 2.12 bits per heavy atom. The minimum Gasteiger partial charge on any atom is -0.468 e. The lowest BCUT2D eigenvalue weighted by Crippen LogP contribution is -2.57. The standard InChI is InChI=1S/C20H29N3O3/c1-20(2)15(11-19(20)21-13-17-4-3-7-25-17)10-16-12-18(26-22-16)14-23-5-8-24-9-6-23/h3-4,7,12,15,19,21H,5-6,8-11,13-14H2,1-2H3/t15-,19+/m1/s1.